The third kappa shape index (κ3) is 3.94. The minimum atomic E-state index is -0.467. The standard InChI is InChI=1S/C19H16BrN3O3S/c1-3-26-19(24)17-15(11-27-13-6-4-12(20)5-7-13)22-18-14(10-21)16(25-2)8-9-23(17)18/h4-9H,3,11H2,1-2H3. The van der Waals surface area contributed by atoms with Crippen LogP contribution in [0.25, 0.3) is 5.65 Å². The summed E-state index contributed by atoms with van der Waals surface area (Å²) >= 11 is 4.97. The quantitative estimate of drug-likeness (QED) is 0.412. The van der Waals surface area contributed by atoms with Gasteiger partial charge in [0.25, 0.3) is 0 Å². The van der Waals surface area contributed by atoms with Crippen LogP contribution in [0.3, 0.4) is 0 Å². The van der Waals surface area contributed by atoms with Gasteiger partial charge in [-0.05, 0) is 37.3 Å². The fourth-order valence-electron chi connectivity index (χ4n) is 2.61. The number of nitriles is 1. The van der Waals surface area contributed by atoms with Crippen LogP contribution in [0.1, 0.15) is 28.7 Å². The number of fused-ring (bicyclic) bond motifs is 1. The van der Waals surface area contributed by atoms with Crippen LogP contribution in [0, 0.1) is 11.3 Å². The zero-order valence-corrected chi connectivity index (χ0v) is 17.1. The number of thioether (sulfide) groups is 1. The molecule has 6 nitrogen and oxygen atoms in total. The number of pyridine rings is 1. The van der Waals surface area contributed by atoms with Crippen LogP contribution in [0.4, 0.5) is 0 Å². The van der Waals surface area contributed by atoms with E-state index in [2.05, 4.69) is 27.0 Å². The molecule has 0 aliphatic rings. The van der Waals surface area contributed by atoms with E-state index >= 15 is 0 Å². The minimum absolute atomic E-state index is 0.257. The van der Waals surface area contributed by atoms with E-state index in [1.54, 1.807) is 35.3 Å². The van der Waals surface area contributed by atoms with Crippen molar-refractivity contribution in [1.82, 2.24) is 9.38 Å². The summed E-state index contributed by atoms with van der Waals surface area (Å²) in [4.78, 5) is 18.1. The van der Waals surface area contributed by atoms with Gasteiger partial charge in [-0.3, -0.25) is 4.40 Å². The molecule has 0 aliphatic carbocycles. The van der Waals surface area contributed by atoms with Crippen LogP contribution in [0.15, 0.2) is 45.9 Å². The van der Waals surface area contributed by atoms with Gasteiger partial charge in [-0.2, -0.15) is 5.26 Å². The predicted molar refractivity (Wildman–Crippen MR) is 106 cm³/mol. The van der Waals surface area contributed by atoms with Crippen molar-refractivity contribution in [2.75, 3.05) is 13.7 Å². The van der Waals surface area contributed by atoms with E-state index in [-0.39, 0.29) is 12.2 Å². The van der Waals surface area contributed by atoms with Crippen molar-refractivity contribution >= 4 is 39.3 Å². The largest absolute Gasteiger partial charge is 0.495 e. The SMILES string of the molecule is CCOC(=O)c1c(CSc2ccc(Br)cc2)nc2c(C#N)c(OC)ccn12. The molecular formula is C19H16BrN3O3S. The fourth-order valence-corrected chi connectivity index (χ4v) is 3.71. The Morgan fingerprint density at radius 3 is 2.70 bits per heavy atom. The maximum absolute atomic E-state index is 12.5. The second-order valence-electron chi connectivity index (χ2n) is 5.43. The average molecular weight is 446 g/mol. The topological polar surface area (TPSA) is 76.6 Å². The van der Waals surface area contributed by atoms with Crippen LogP contribution >= 0.6 is 27.7 Å². The molecule has 27 heavy (non-hydrogen) atoms. The van der Waals surface area contributed by atoms with Gasteiger partial charge in [0.15, 0.2) is 11.3 Å². The number of hydrogen-bond acceptors (Lipinski definition) is 6. The number of nitrogens with zero attached hydrogens (tertiary/aromatic N) is 3. The molecule has 0 saturated heterocycles. The summed E-state index contributed by atoms with van der Waals surface area (Å²) in [5, 5.41) is 9.51. The number of hydrogen-bond donors (Lipinski definition) is 0. The Morgan fingerprint density at radius 1 is 1.33 bits per heavy atom. The lowest BCUT2D eigenvalue weighted by Crippen LogP contribution is -2.10. The summed E-state index contributed by atoms with van der Waals surface area (Å²) in [6, 6.07) is 11.6. The Balaban J connectivity index is 2.06. The van der Waals surface area contributed by atoms with E-state index in [4.69, 9.17) is 9.47 Å². The number of carbonyl (C=O) groups excluding carboxylic acids is 1. The van der Waals surface area contributed by atoms with E-state index in [1.165, 1.54) is 7.11 Å². The first-order valence-electron chi connectivity index (χ1n) is 8.12. The molecule has 0 saturated carbocycles. The third-order valence-corrected chi connectivity index (χ3v) is 5.37. The van der Waals surface area contributed by atoms with Crippen LogP contribution in [-0.2, 0) is 10.5 Å². The number of benzene rings is 1. The van der Waals surface area contributed by atoms with Crippen molar-refractivity contribution in [3.05, 3.63) is 58.0 Å². The van der Waals surface area contributed by atoms with Gasteiger partial charge >= 0.3 is 5.97 Å². The second-order valence-corrected chi connectivity index (χ2v) is 7.40. The number of rotatable bonds is 6. The highest BCUT2D eigenvalue weighted by molar-refractivity contribution is 9.10. The van der Waals surface area contributed by atoms with Gasteiger partial charge in [0, 0.05) is 21.3 Å². The van der Waals surface area contributed by atoms with Crippen molar-refractivity contribution in [2.45, 2.75) is 17.6 Å². The third-order valence-electron chi connectivity index (χ3n) is 3.82. The molecule has 3 rings (SSSR count). The van der Waals surface area contributed by atoms with Gasteiger partial charge in [0.1, 0.15) is 17.4 Å². The van der Waals surface area contributed by atoms with E-state index in [0.717, 1.165) is 9.37 Å². The highest BCUT2D eigenvalue weighted by Crippen LogP contribution is 2.29. The molecule has 0 spiro atoms. The average Bonchev–Trinajstić information content (AvgIpc) is 3.05. The summed E-state index contributed by atoms with van der Waals surface area (Å²) in [7, 11) is 1.49. The first-order chi connectivity index (χ1) is 13.1. The number of halogens is 1. The maximum Gasteiger partial charge on any atom is 0.357 e. The molecule has 0 atom stereocenters. The number of esters is 1. The molecule has 0 N–H and O–H groups in total. The van der Waals surface area contributed by atoms with Crippen molar-refractivity contribution < 1.29 is 14.3 Å². The van der Waals surface area contributed by atoms with Gasteiger partial charge in [0.2, 0.25) is 0 Å². The van der Waals surface area contributed by atoms with Gasteiger partial charge in [-0.15, -0.1) is 11.8 Å². The van der Waals surface area contributed by atoms with E-state index in [9.17, 15) is 10.1 Å². The van der Waals surface area contributed by atoms with Gasteiger partial charge in [-0.25, -0.2) is 9.78 Å². The van der Waals surface area contributed by atoms with Gasteiger partial charge in [-0.1, -0.05) is 15.9 Å². The van der Waals surface area contributed by atoms with Crippen LogP contribution in [0.5, 0.6) is 5.75 Å². The first kappa shape index (κ1) is 19.3. The Bertz CT molecular complexity index is 1030. The van der Waals surface area contributed by atoms with Crippen LogP contribution in [-0.4, -0.2) is 29.1 Å². The molecule has 2 heterocycles. The first-order valence-corrected chi connectivity index (χ1v) is 9.90. The zero-order chi connectivity index (χ0) is 19.4. The molecule has 1 aromatic carbocycles. The predicted octanol–water partition coefficient (Wildman–Crippen LogP) is 4.45. The lowest BCUT2D eigenvalue weighted by molar-refractivity contribution is 0.0517. The molecule has 0 amide bonds. The second kappa shape index (κ2) is 8.46. The summed E-state index contributed by atoms with van der Waals surface area (Å²) in [6.07, 6.45) is 1.67. The van der Waals surface area contributed by atoms with Gasteiger partial charge < -0.3 is 9.47 Å². The molecular weight excluding hydrogens is 430 g/mol. The lowest BCUT2D eigenvalue weighted by Gasteiger charge is -2.06. The summed E-state index contributed by atoms with van der Waals surface area (Å²) < 4.78 is 13.0. The van der Waals surface area contributed by atoms with Crippen molar-refractivity contribution in [3.63, 3.8) is 0 Å². The van der Waals surface area contributed by atoms with Crippen molar-refractivity contribution in [3.8, 4) is 11.8 Å². The number of ether oxygens (including phenoxy) is 2. The van der Waals surface area contributed by atoms with Crippen molar-refractivity contribution in [1.29, 1.82) is 5.26 Å². The summed E-state index contributed by atoms with van der Waals surface area (Å²) in [5.74, 6) is 0.410. The van der Waals surface area contributed by atoms with Crippen LogP contribution < -0.4 is 4.74 Å². The van der Waals surface area contributed by atoms with Gasteiger partial charge in [0.05, 0.1) is 19.4 Å². The summed E-state index contributed by atoms with van der Waals surface area (Å²) in [5.41, 5.74) is 1.55. The molecule has 3 aromatic rings. The number of carbonyl (C=O) groups is 1. The van der Waals surface area contributed by atoms with E-state index in [0.29, 0.717) is 28.5 Å². The molecule has 138 valence electrons. The molecule has 0 radical (unpaired) electrons. The Morgan fingerprint density at radius 2 is 2.07 bits per heavy atom. The highest BCUT2D eigenvalue weighted by atomic mass is 79.9. The Kier molecular flexibility index (Phi) is 6.04. The smallest absolute Gasteiger partial charge is 0.357 e. The number of imidazole rings is 1. The van der Waals surface area contributed by atoms with E-state index < -0.39 is 5.97 Å². The normalized spacial score (nSPS) is 10.6. The lowest BCUT2D eigenvalue weighted by atomic mass is 10.2. The summed E-state index contributed by atoms with van der Waals surface area (Å²) in [6.45, 7) is 2.01. The monoisotopic (exact) mass is 445 g/mol. The molecule has 2 aromatic heterocycles. The van der Waals surface area contributed by atoms with E-state index in [1.807, 2.05) is 24.3 Å². The maximum atomic E-state index is 12.5. The molecule has 0 fully saturated rings. The number of aromatic nitrogens is 2. The molecule has 8 heteroatoms. The fraction of sp³-hybridized carbons (Fsp3) is 0.211. The van der Waals surface area contributed by atoms with Crippen molar-refractivity contribution in [2.24, 2.45) is 0 Å². The molecule has 0 aliphatic heterocycles. The van der Waals surface area contributed by atoms with Crippen LogP contribution in [0.2, 0.25) is 0 Å². The number of methoxy groups -OCH3 is 1. The minimum Gasteiger partial charge on any atom is -0.495 e. The molecule has 0 unspecified atom stereocenters. The highest BCUT2D eigenvalue weighted by Gasteiger charge is 2.23. The Labute approximate surface area is 169 Å². The molecule has 0 bridgehead atoms. The Hall–Kier alpha value is -2.50. The zero-order valence-electron chi connectivity index (χ0n) is 14.7.